The van der Waals surface area contributed by atoms with Crippen LogP contribution in [-0.2, 0) is 6.54 Å². The quantitative estimate of drug-likeness (QED) is 0.896. The number of rotatable bonds is 4. The van der Waals surface area contributed by atoms with E-state index in [0.29, 0.717) is 12.3 Å². The molecule has 3 heteroatoms. The van der Waals surface area contributed by atoms with Gasteiger partial charge in [-0.3, -0.25) is 0 Å². The van der Waals surface area contributed by atoms with E-state index in [0.717, 1.165) is 11.3 Å². The molecule has 2 rings (SSSR count). The smallest absolute Gasteiger partial charge is 0.124 e. The molecule has 0 unspecified atom stereocenters. The standard InChI is InChI=1S/C15H17NO2/c1-16(13-6-4-3-5-7-13)11-12-8-9-14(18-2)10-15(12)17/h3-10,17H,11H2,1-2H3. The molecular formula is C15H17NO2. The van der Waals surface area contributed by atoms with Gasteiger partial charge in [-0.05, 0) is 24.3 Å². The maximum Gasteiger partial charge on any atom is 0.124 e. The van der Waals surface area contributed by atoms with Crippen LogP contribution in [-0.4, -0.2) is 19.3 Å². The molecule has 0 spiro atoms. The van der Waals surface area contributed by atoms with Crippen LogP contribution in [0.2, 0.25) is 0 Å². The van der Waals surface area contributed by atoms with Gasteiger partial charge in [-0.25, -0.2) is 0 Å². The Morgan fingerprint density at radius 2 is 1.83 bits per heavy atom. The number of methoxy groups -OCH3 is 1. The van der Waals surface area contributed by atoms with Crippen molar-refractivity contribution in [3.63, 3.8) is 0 Å². The maximum atomic E-state index is 9.91. The van der Waals surface area contributed by atoms with Crippen molar-refractivity contribution in [1.82, 2.24) is 0 Å². The predicted octanol–water partition coefficient (Wildman–Crippen LogP) is 3.04. The molecule has 0 saturated heterocycles. The molecule has 3 nitrogen and oxygen atoms in total. The topological polar surface area (TPSA) is 32.7 Å². The van der Waals surface area contributed by atoms with E-state index in [4.69, 9.17) is 4.74 Å². The van der Waals surface area contributed by atoms with Crippen LogP contribution < -0.4 is 9.64 Å². The van der Waals surface area contributed by atoms with Gasteiger partial charge in [0.25, 0.3) is 0 Å². The molecule has 0 atom stereocenters. The molecule has 0 amide bonds. The Balaban J connectivity index is 2.14. The first-order chi connectivity index (χ1) is 8.70. The van der Waals surface area contributed by atoms with Crippen LogP contribution in [0, 0.1) is 0 Å². The Kier molecular flexibility index (Phi) is 3.72. The fourth-order valence-corrected chi connectivity index (χ4v) is 1.83. The van der Waals surface area contributed by atoms with E-state index in [2.05, 4.69) is 4.90 Å². The number of benzene rings is 2. The summed E-state index contributed by atoms with van der Waals surface area (Å²) in [6, 6.07) is 15.4. The molecule has 0 aromatic heterocycles. The van der Waals surface area contributed by atoms with Crippen molar-refractivity contribution < 1.29 is 9.84 Å². The number of phenolic OH excluding ortho intramolecular Hbond substituents is 1. The largest absolute Gasteiger partial charge is 0.507 e. The fraction of sp³-hybridized carbons (Fsp3) is 0.200. The Morgan fingerprint density at radius 3 is 2.44 bits per heavy atom. The van der Waals surface area contributed by atoms with Crippen LogP contribution in [0.3, 0.4) is 0 Å². The van der Waals surface area contributed by atoms with Gasteiger partial charge in [0.15, 0.2) is 0 Å². The Hall–Kier alpha value is -2.16. The third-order valence-electron chi connectivity index (χ3n) is 2.90. The van der Waals surface area contributed by atoms with Gasteiger partial charge in [0.1, 0.15) is 11.5 Å². The Morgan fingerprint density at radius 1 is 1.11 bits per heavy atom. The lowest BCUT2D eigenvalue weighted by Gasteiger charge is -2.20. The first kappa shape index (κ1) is 12.3. The van der Waals surface area contributed by atoms with Gasteiger partial charge in [-0.2, -0.15) is 0 Å². The van der Waals surface area contributed by atoms with Gasteiger partial charge < -0.3 is 14.7 Å². The monoisotopic (exact) mass is 243 g/mol. The summed E-state index contributed by atoms with van der Waals surface area (Å²) in [6.45, 7) is 0.653. The zero-order chi connectivity index (χ0) is 13.0. The molecule has 2 aromatic carbocycles. The third kappa shape index (κ3) is 2.74. The lowest BCUT2D eigenvalue weighted by molar-refractivity contribution is 0.406. The lowest BCUT2D eigenvalue weighted by atomic mass is 10.1. The predicted molar refractivity (Wildman–Crippen MR) is 73.2 cm³/mol. The SMILES string of the molecule is COc1ccc(CN(C)c2ccccc2)c(O)c1. The summed E-state index contributed by atoms with van der Waals surface area (Å²) in [5.74, 6) is 0.927. The van der Waals surface area contributed by atoms with Crippen molar-refractivity contribution in [2.45, 2.75) is 6.54 Å². The van der Waals surface area contributed by atoms with Crippen LogP contribution in [0.25, 0.3) is 0 Å². The minimum absolute atomic E-state index is 0.261. The van der Waals surface area contributed by atoms with E-state index in [1.165, 1.54) is 0 Å². The highest BCUT2D eigenvalue weighted by atomic mass is 16.5. The third-order valence-corrected chi connectivity index (χ3v) is 2.90. The van der Waals surface area contributed by atoms with Gasteiger partial charge in [-0.1, -0.05) is 18.2 Å². The van der Waals surface area contributed by atoms with E-state index in [9.17, 15) is 5.11 Å². The zero-order valence-electron chi connectivity index (χ0n) is 10.6. The highest BCUT2D eigenvalue weighted by molar-refractivity contribution is 5.48. The first-order valence-corrected chi connectivity index (χ1v) is 5.83. The second-order valence-corrected chi connectivity index (χ2v) is 4.19. The number of ether oxygens (including phenoxy) is 1. The summed E-state index contributed by atoms with van der Waals surface area (Å²) in [6.07, 6.45) is 0. The number of hydrogen-bond acceptors (Lipinski definition) is 3. The number of anilines is 1. The molecule has 0 heterocycles. The van der Waals surface area contributed by atoms with Crippen molar-refractivity contribution in [3.05, 3.63) is 54.1 Å². The van der Waals surface area contributed by atoms with Crippen molar-refractivity contribution in [2.24, 2.45) is 0 Å². The number of hydrogen-bond donors (Lipinski definition) is 1. The molecule has 2 aromatic rings. The summed E-state index contributed by atoms with van der Waals surface area (Å²) in [4.78, 5) is 2.08. The molecule has 0 aliphatic rings. The lowest BCUT2D eigenvalue weighted by Crippen LogP contribution is -2.16. The van der Waals surface area contributed by atoms with Crippen LogP contribution >= 0.6 is 0 Å². The molecule has 94 valence electrons. The van der Waals surface area contributed by atoms with E-state index < -0.39 is 0 Å². The maximum absolute atomic E-state index is 9.91. The molecule has 18 heavy (non-hydrogen) atoms. The molecule has 1 N–H and O–H groups in total. The Bertz CT molecular complexity index is 511. The second kappa shape index (κ2) is 5.45. The highest BCUT2D eigenvalue weighted by Crippen LogP contribution is 2.25. The van der Waals surface area contributed by atoms with E-state index in [1.807, 2.05) is 49.5 Å². The normalized spacial score (nSPS) is 10.1. The van der Waals surface area contributed by atoms with Crippen molar-refractivity contribution in [2.75, 3.05) is 19.1 Å². The highest BCUT2D eigenvalue weighted by Gasteiger charge is 2.06. The molecule has 0 fully saturated rings. The minimum atomic E-state index is 0.261. The van der Waals surface area contributed by atoms with Gasteiger partial charge in [0.2, 0.25) is 0 Å². The molecule has 0 radical (unpaired) electrons. The number of aromatic hydroxyl groups is 1. The summed E-state index contributed by atoms with van der Waals surface area (Å²) >= 11 is 0. The molecular weight excluding hydrogens is 226 g/mol. The van der Waals surface area contributed by atoms with Gasteiger partial charge in [0.05, 0.1) is 7.11 Å². The molecule has 0 aliphatic heterocycles. The second-order valence-electron chi connectivity index (χ2n) is 4.19. The summed E-state index contributed by atoms with van der Waals surface area (Å²) in [5, 5.41) is 9.91. The molecule has 0 saturated carbocycles. The van der Waals surface area contributed by atoms with Gasteiger partial charge in [-0.15, -0.1) is 0 Å². The van der Waals surface area contributed by atoms with Crippen molar-refractivity contribution >= 4 is 5.69 Å². The van der Waals surface area contributed by atoms with E-state index >= 15 is 0 Å². The molecule has 0 bridgehead atoms. The zero-order valence-corrected chi connectivity index (χ0v) is 10.6. The molecule has 0 aliphatic carbocycles. The number of phenols is 1. The fourth-order valence-electron chi connectivity index (χ4n) is 1.83. The van der Waals surface area contributed by atoms with Crippen molar-refractivity contribution in [1.29, 1.82) is 0 Å². The van der Waals surface area contributed by atoms with Crippen LogP contribution in [0.5, 0.6) is 11.5 Å². The van der Waals surface area contributed by atoms with Crippen molar-refractivity contribution in [3.8, 4) is 11.5 Å². The number of para-hydroxylation sites is 1. The van der Waals surface area contributed by atoms with E-state index in [-0.39, 0.29) is 5.75 Å². The number of nitrogens with zero attached hydrogens (tertiary/aromatic N) is 1. The average Bonchev–Trinajstić information content (AvgIpc) is 2.42. The van der Waals surface area contributed by atoms with Gasteiger partial charge in [0, 0.05) is 30.9 Å². The summed E-state index contributed by atoms with van der Waals surface area (Å²) in [7, 11) is 3.59. The van der Waals surface area contributed by atoms with Crippen LogP contribution in [0.4, 0.5) is 5.69 Å². The first-order valence-electron chi connectivity index (χ1n) is 5.83. The minimum Gasteiger partial charge on any atom is -0.507 e. The van der Waals surface area contributed by atoms with Crippen LogP contribution in [0.15, 0.2) is 48.5 Å². The van der Waals surface area contributed by atoms with Gasteiger partial charge >= 0.3 is 0 Å². The Labute approximate surface area is 107 Å². The van der Waals surface area contributed by atoms with E-state index in [1.54, 1.807) is 13.2 Å². The summed E-state index contributed by atoms with van der Waals surface area (Å²) < 4.78 is 5.07. The summed E-state index contributed by atoms with van der Waals surface area (Å²) in [5.41, 5.74) is 2.00. The van der Waals surface area contributed by atoms with Crippen LogP contribution in [0.1, 0.15) is 5.56 Å². The average molecular weight is 243 g/mol.